The van der Waals surface area contributed by atoms with Crippen LogP contribution in [0.25, 0.3) is 0 Å². The number of rotatable bonds is 4. The summed E-state index contributed by atoms with van der Waals surface area (Å²) in [7, 11) is 1.67. The molecule has 2 N–H and O–H groups in total. The molecule has 1 saturated heterocycles. The van der Waals surface area contributed by atoms with Crippen LogP contribution in [0, 0.1) is 11.3 Å². The van der Waals surface area contributed by atoms with Crippen molar-refractivity contribution in [2.24, 2.45) is 11.3 Å². The molecule has 3 unspecified atom stereocenters. The molecule has 2 amide bonds. The molecule has 20 heavy (non-hydrogen) atoms. The summed E-state index contributed by atoms with van der Waals surface area (Å²) in [6.07, 6.45) is 3.16. The van der Waals surface area contributed by atoms with Gasteiger partial charge in [-0.25, -0.2) is 4.79 Å². The minimum Gasteiger partial charge on any atom is -0.481 e. The Kier molecular flexibility index (Phi) is 4.52. The van der Waals surface area contributed by atoms with Gasteiger partial charge in [0.05, 0.1) is 12.0 Å². The van der Waals surface area contributed by atoms with E-state index in [0.29, 0.717) is 25.5 Å². The number of aliphatic carboxylic acids is 1. The number of amides is 2. The second-order valence-electron chi connectivity index (χ2n) is 6.17. The quantitative estimate of drug-likeness (QED) is 0.816. The molecular formula is C14H24N2O4. The zero-order valence-corrected chi connectivity index (χ0v) is 12.2. The van der Waals surface area contributed by atoms with Crippen molar-refractivity contribution in [3.8, 4) is 0 Å². The highest BCUT2D eigenvalue weighted by molar-refractivity contribution is 5.79. The van der Waals surface area contributed by atoms with Crippen LogP contribution in [0.15, 0.2) is 0 Å². The number of nitrogens with one attached hydrogen (secondary N) is 1. The van der Waals surface area contributed by atoms with Crippen molar-refractivity contribution in [3.63, 3.8) is 0 Å². The van der Waals surface area contributed by atoms with Crippen molar-refractivity contribution in [2.45, 2.75) is 38.6 Å². The largest absolute Gasteiger partial charge is 0.481 e. The SMILES string of the molecule is COCC1CCN(C(=O)NC2CCCC2(C)C(=O)O)C1. The minimum absolute atomic E-state index is 0.136. The van der Waals surface area contributed by atoms with Crippen molar-refractivity contribution < 1.29 is 19.4 Å². The van der Waals surface area contributed by atoms with Gasteiger partial charge in [0.15, 0.2) is 0 Å². The molecule has 1 saturated carbocycles. The Morgan fingerprint density at radius 2 is 2.20 bits per heavy atom. The van der Waals surface area contributed by atoms with Crippen LogP contribution < -0.4 is 5.32 Å². The number of urea groups is 1. The molecule has 1 aliphatic carbocycles. The summed E-state index contributed by atoms with van der Waals surface area (Å²) >= 11 is 0. The van der Waals surface area contributed by atoms with Gasteiger partial charge in [-0.05, 0) is 26.2 Å². The van der Waals surface area contributed by atoms with Gasteiger partial charge in [0.2, 0.25) is 0 Å². The van der Waals surface area contributed by atoms with E-state index >= 15 is 0 Å². The number of hydrogen-bond acceptors (Lipinski definition) is 3. The average molecular weight is 284 g/mol. The first kappa shape index (κ1) is 15.1. The smallest absolute Gasteiger partial charge is 0.317 e. The van der Waals surface area contributed by atoms with Gasteiger partial charge in [-0.15, -0.1) is 0 Å². The van der Waals surface area contributed by atoms with E-state index in [1.807, 2.05) is 0 Å². The highest BCUT2D eigenvalue weighted by Gasteiger charge is 2.46. The van der Waals surface area contributed by atoms with E-state index in [1.165, 1.54) is 0 Å². The summed E-state index contributed by atoms with van der Waals surface area (Å²) in [5.41, 5.74) is -0.832. The molecule has 6 heteroatoms. The lowest BCUT2D eigenvalue weighted by Gasteiger charge is -2.29. The number of ether oxygens (including phenoxy) is 1. The zero-order chi connectivity index (χ0) is 14.8. The van der Waals surface area contributed by atoms with Crippen LogP contribution in [0.3, 0.4) is 0 Å². The number of methoxy groups -OCH3 is 1. The zero-order valence-electron chi connectivity index (χ0n) is 12.2. The first-order valence-electron chi connectivity index (χ1n) is 7.25. The lowest BCUT2D eigenvalue weighted by molar-refractivity contribution is -0.148. The Morgan fingerprint density at radius 3 is 2.85 bits per heavy atom. The summed E-state index contributed by atoms with van der Waals surface area (Å²) in [5.74, 6) is -0.431. The molecule has 1 aliphatic heterocycles. The number of hydrogen-bond donors (Lipinski definition) is 2. The first-order chi connectivity index (χ1) is 9.47. The van der Waals surface area contributed by atoms with Crippen LogP contribution >= 0.6 is 0 Å². The fraction of sp³-hybridized carbons (Fsp3) is 0.857. The molecule has 2 rings (SSSR count). The topological polar surface area (TPSA) is 78.9 Å². The number of nitrogens with zero attached hydrogens (tertiary/aromatic N) is 1. The maximum Gasteiger partial charge on any atom is 0.317 e. The number of carbonyl (C=O) groups excluding carboxylic acids is 1. The van der Waals surface area contributed by atoms with E-state index in [-0.39, 0.29) is 12.1 Å². The highest BCUT2D eigenvalue weighted by atomic mass is 16.5. The average Bonchev–Trinajstić information content (AvgIpc) is 2.99. The normalized spacial score (nSPS) is 33.4. The van der Waals surface area contributed by atoms with Gasteiger partial charge in [0, 0.05) is 32.2 Å². The van der Waals surface area contributed by atoms with Crippen LogP contribution in [-0.4, -0.2) is 54.9 Å². The molecule has 6 nitrogen and oxygen atoms in total. The maximum atomic E-state index is 12.2. The molecule has 0 bridgehead atoms. The van der Waals surface area contributed by atoms with E-state index in [2.05, 4.69) is 5.32 Å². The molecule has 0 radical (unpaired) electrons. The third-order valence-corrected chi connectivity index (χ3v) is 4.72. The monoisotopic (exact) mass is 284 g/mol. The van der Waals surface area contributed by atoms with Gasteiger partial charge in [-0.1, -0.05) is 6.42 Å². The van der Waals surface area contributed by atoms with E-state index in [4.69, 9.17) is 4.74 Å². The Balaban J connectivity index is 1.90. The van der Waals surface area contributed by atoms with Gasteiger partial charge >= 0.3 is 12.0 Å². The second kappa shape index (κ2) is 5.99. The third-order valence-electron chi connectivity index (χ3n) is 4.72. The van der Waals surface area contributed by atoms with Crippen molar-refractivity contribution in [1.82, 2.24) is 10.2 Å². The summed E-state index contributed by atoms with van der Waals surface area (Å²) in [6, 6.07) is -0.406. The number of carbonyl (C=O) groups is 2. The van der Waals surface area contributed by atoms with Gasteiger partial charge in [0.1, 0.15) is 0 Å². The summed E-state index contributed by atoms with van der Waals surface area (Å²) < 4.78 is 5.12. The van der Waals surface area contributed by atoms with E-state index < -0.39 is 11.4 Å². The molecule has 2 fully saturated rings. The van der Waals surface area contributed by atoms with Crippen LogP contribution in [-0.2, 0) is 9.53 Å². The standard InChI is InChI=1S/C14H24N2O4/c1-14(12(17)18)6-3-4-11(14)15-13(19)16-7-5-10(8-16)9-20-2/h10-11H,3-9H2,1-2H3,(H,15,19)(H,17,18). The molecule has 2 aliphatic rings. The lowest BCUT2D eigenvalue weighted by Crippen LogP contribution is -2.51. The fourth-order valence-corrected chi connectivity index (χ4v) is 3.28. The molecule has 0 aromatic heterocycles. The van der Waals surface area contributed by atoms with Gasteiger partial charge in [0.25, 0.3) is 0 Å². The number of carboxylic acid groups (broad SMARTS) is 1. The molecule has 0 aromatic rings. The predicted octanol–water partition coefficient (Wildman–Crippen LogP) is 1.31. The minimum atomic E-state index is -0.832. The molecular weight excluding hydrogens is 260 g/mol. The third kappa shape index (κ3) is 2.90. The van der Waals surface area contributed by atoms with Crippen LogP contribution in [0.1, 0.15) is 32.6 Å². The van der Waals surface area contributed by atoms with Crippen molar-refractivity contribution >= 4 is 12.0 Å². The Morgan fingerprint density at radius 1 is 1.45 bits per heavy atom. The van der Waals surface area contributed by atoms with Crippen molar-refractivity contribution in [2.75, 3.05) is 26.8 Å². The Labute approximate surface area is 119 Å². The van der Waals surface area contributed by atoms with Crippen LogP contribution in [0.2, 0.25) is 0 Å². The number of likely N-dealkylation sites (tertiary alicyclic amines) is 1. The Hall–Kier alpha value is -1.30. The maximum absolute atomic E-state index is 12.2. The highest BCUT2D eigenvalue weighted by Crippen LogP contribution is 2.38. The van der Waals surface area contributed by atoms with Gasteiger partial charge < -0.3 is 20.1 Å². The molecule has 0 aromatic carbocycles. The molecule has 1 heterocycles. The second-order valence-corrected chi connectivity index (χ2v) is 6.17. The van der Waals surface area contributed by atoms with E-state index in [1.54, 1.807) is 18.9 Å². The lowest BCUT2D eigenvalue weighted by atomic mass is 9.85. The Bertz CT molecular complexity index is 387. The summed E-state index contributed by atoms with van der Waals surface area (Å²) in [6.45, 7) is 3.80. The van der Waals surface area contributed by atoms with E-state index in [9.17, 15) is 14.7 Å². The van der Waals surface area contributed by atoms with E-state index in [0.717, 1.165) is 25.8 Å². The fourth-order valence-electron chi connectivity index (χ4n) is 3.28. The summed E-state index contributed by atoms with van der Waals surface area (Å²) in [4.78, 5) is 25.4. The van der Waals surface area contributed by atoms with Crippen LogP contribution in [0.4, 0.5) is 4.79 Å². The molecule has 3 atom stereocenters. The van der Waals surface area contributed by atoms with Gasteiger partial charge in [-0.3, -0.25) is 4.79 Å². The number of carboxylic acids is 1. The van der Waals surface area contributed by atoms with Crippen LogP contribution in [0.5, 0.6) is 0 Å². The molecule has 114 valence electrons. The van der Waals surface area contributed by atoms with Gasteiger partial charge in [-0.2, -0.15) is 0 Å². The summed E-state index contributed by atoms with van der Waals surface area (Å²) in [5, 5.41) is 12.3. The predicted molar refractivity (Wildman–Crippen MR) is 73.5 cm³/mol. The molecule has 0 spiro atoms. The first-order valence-corrected chi connectivity index (χ1v) is 7.25. The van der Waals surface area contributed by atoms with Crippen molar-refractivity contribution in [3.05, 3.63) is 0 Å². The van der Waals surface area contributed by atoms with Crippen molar-refractivity contribution in [1.29, 1.82) is 0 Å².